The third-order valence-corrected chi connectivity index (χ3v) is 7.13. The number of carbonyl (C=O) groups is 1. The first kappa shape index (κ1) is 24.7. The molecule has 0 heterocycles. The molecule has 0 saturated carbocycles. The van der Waals surface area contributed by atoms with Crippen LogP contribution >= 0.6 is 35.0 Å². The number of carbonyl (C=O) groups excluding carboxylic acids is 1. The lowest BCUT2D eigenvalue weighted by atomic mass is 10.2. The summed E-state index contributed by atoms with van der Waals surface area (Å²) in [5.74, 6) is 1.61. The second kappa shape index (κ2) is 11.1. The molecule has 30 heavy (non-hydrogen) atoms. The van der Waals surface area contributed by atoms with E-state index in [9.17, 15) is 13.2 Å². The van der Waals surface area contributed by atoms with Crippen LogP contribution in [0.15, 0.2) is 42.5 Å². The third kappa shape index (κ3) is 7.27. The number of thioether (sulfide) groups is 1. The fourth-order valence-electron chi connectivity index (χ4n) is 2.42. The Hall–Kier alpha value is -1.61. The molecule has 0 spiro atoms. The monoisotopic (exact) mass is 490 g/mol. The summed E-state index contributed by atoms with van der Waals surface area (Å²) >= 11 is 13.9. The van der Waals surface area contributed by atoms with Crippen molar-refractivity contribution in [1.29, 1.82) is 0 Å². The SMILES string of the molecule is CC(Oc1ccc(N(C)S(C)(=O)=O)cc1)C(=O)NCCSCc1c(Cl)cccc1Cl. The Morgan fingerprint density at radius 3 is 2.33 bits per heavy atom. The van der Waals surface area contributed by atoms with Gasteiger partial charge in [0.1, 0.15) is 5.75 Å². The summed E-state index contributed by atoms with van der Waals surface area (Å²) in [6.45, 7) is 2.14. The van der Waals surface area contributed by atoms with Crippen LogP contribution < -0.4 is 14.4 Å². The van der Waals surface area contributed by atoms with E-state index in [4.69, 9.17) is 27.9 Å². The van der Waals surface area contributed by atoms with Crippen LogP contribution in [0, 0.1) is 0 Å². The number of nitrogens with one attached hydrogen (secondary N) is 1. The molecule has 2 rings (SSSR count). The standard InChI is InChI=1S/C20H24Cl2N2O4S2/c1-14(28-16-9-7-15(8-10-16)24(2)30(3,26)27)20(25)23-11-12-29-13-17-18(21)5-4-6-19(17)22/h4-10,14H,11-13H2,1-3H3,(H,23,25). The normalized spacial score (nSPS) is 12.3. The molecule has 6 nitrogen and oxygen atoms in total. The second-order valence-electron chi connectivity index (χ2n) is 6.53. The van der Waals surface area contributed by atoms with Crippen LogP contribution in [0.2, 0.25) is 10.0 Å². The minimum atomic E-state index is -3.33. The Kier molecular flexibility index (Phi) is 9.15. The number of anilines is 1. The molecule has 10 heteroatoms. The highest BCUT2D eigenvalue weighted by atomic mass is 35.5. The van der Waals surface area contributed by atoms with Gasteiger partial charge in [0, 0.05) is 35.1 Å². The molecule has 0 bridgehead atoms. The maximum Gasteiger partial charge on any atom is 0.260 e. The molecule has 0 aromatic heterocycles. The van der Waals surface area contributed by atoms with E-state index in [0.29, 0.717) is 39.5 Å². The predicted molar refractivity (Wildman–Crippen MR) is 125 cm³/mol. The van der Waals surface area contributed by atoms with Crippen molar-refractivity contribution in [1.82, 2.24) is 5.32 Å². The topological polar surface area (TPSA) is 75.7 Å². The molecule has 2 aromatic rings. The molecule has 0 radical (unpaired) electrons. The number of rotatable bonds is 10. The van der Waals surface area contributed by atoms with Crippen LogP contribution in [-0.2, 0) is 20.6 Å². The maximum atomic E-state index is 12.2. The summed E-state index contributed by atoms with van der Waals surface area (Å²) < 4.78 is 29.9. The lowest BCUT2D eigenvalue weighted by Gasteiger charge is -2.18. The molecule has 1 unspecified atom stereocenters. The van der Waals surface area contributed by atoms with Crippen molar-refractivity contribution in [2.45, 2.75) is 18.8 Å². The van der Waals surface area contributed by atoms with Crippen molar-refractivity contribution in [3.63, 3.8) is 0 Å². The molecule has 0 aliphatic rings. The zero-order valence-electron chi connectivity index (χ0n) is 16.9. The molecular weight excluding hydrogens is 467 g/mol. The van der Waals surface area contributed by atoms with Gasteiger partial charge in [0.25, 0.3) is 5.91 Å². The van der Waals surface area contributed by atoms with Crippen molar-refractivity contribution in [3.05, 3.63) is 58.1 Å². The predicted octanol–water partition coefficient (Wildman–Crippen LogP) is 4.21. The van der Waals surface area contributed by atoms with Gasteiger partial charge in [-0.2, -0.15) is 11.8 Å². The Morgan fingerprint density at radius 1 is 1.17 bits per heavy atom. The van der Waals surface area contributed by atoms with Crippen LogP contribution in [0.4, 0.5) is 5.69 Å². The highest BCUT2D eigenvalue weighted by Gasteiger charge is 2.15. The number of ether oxygens (including phenoxy) is 1. The number of hydrogen-bond donors (Lipinski definition) is 1. The van der Waals surface area contributed by atoms with Gasteiger partial charge in [0.2, 0.25) is 10.0 Å². The van der Waals surface area contributed by atoms with Crippen molar-refractivity contribution in [3.8, 4) is 5.75 Å². The molecule has 1 amide bonds. The first-order chi connectivity index (χ1) is 14.1. The summed E-state index contributed by atoms with van der Waals surface area (Å²) in [5.41, 5.74) is 1.40. The van der Waals surface area contributed by atoms with Crippen LogP contribution in [0.1, 0.15) is 12.5 Å². The minimum Gasteiger partial charge on any atom is -0.481 e. The van der Waals surface area contributed by atoms with Gasteiger partial charge in [-0.15, -0.1) is 0 Å². The van der Waals surface area contributed by atoms with E-state index in [-0.39, 0.29) is 5.91 Å². The molecule has 1 atom stereocenters. The zero-order chi connectivity index (χ0) is 22.3. The van der Waals surface area contributed by atoms with Gasteiger partial charge in [-0.1, -0.05) is 29.3 Å². The van der Waals surface area contributed by atoms with Crippen LogP contribution in [-0.4, -0.2) is 46.0 Å². The van der Waals surface area contributed by atoms with Crippen molar-refractivity contribution in [2.75, 3.05) is 29.9 Å². The van der Waals surface area contributed by atoms with Crippen molar-refractivity contribution < 1.29 is 17.9 Å². The van der Waals surface area contributed by atoms with Gasteiger partial charge in [-0.25, -0.2) is 8.42 Å². The molecule has 1 N–H and O–H groups in total. The molecule has 2 aromatic carbocycles. The summed E-state index contributed by atoms with van der Waals surface area (Å²) in [7, 11) is -1.86. The number of nitrogens with zero attached hydrogens (tertiary/aromatic N) is 1. The number of benzene rings is 2. The van der Waals surface area contributed by atoms with E-state index in [2.05, 4.69) is 5.32 Å². The fraction of sp³-hybridized carbons (Fsp3) is 0.350. The summed E-state index contributed by atoms with van der Waals surface area (Å²) in [6, 6.07) is 11.9. The Balaban J connectivity index is 1.75. The van der Waals surface area contributed by atoms with Gasteiger partial charge < -0.3 is 10.1 Å². The van der Waals surface area contributed by atoms with Crippen LogP contribution in [0.25, 0.3) is 0 Å². The van der Waals surface area contributed by atoms with Gasteiger partial charge in [-0.05, 0) is 48.9 Å². The minimum absolute atomic E-state index is 0.233. The summed E-state index contributed by atoms with van der Waals surface area (Å²) in [5, 5.41) is 4.10. The first-order valence-electron chi connectivity index (χ1n) is 9.08. The molecular formula is C20H24Cl2N2O4S2. The number of hydrogen-bond acceptors (Lipinski definition) is 5. The molecule has 0 saturated heterocycles. The van der Waals surface area contributed by atoms with Gasteiger partial charge >= 0.3 is 0 Å². The van der Waals surface area contributed by atoms with Gasteiger partial charge in [0.05, 0.1) is 11.9 Å². The molecule has 164 valence electrons. The highest BCUT2D eigenvalue weighted by Crippen LogP contribution is 2.28. The van der Waals surface area contributed by atoms with E-state index >= 15 is 0 Å². The summed E-state index contributed by atoms with van der Waals surface area (Å²) in [4.78, 5) is 12.2. The Bertz CT molecular complexity index is 949. The number of halogens is 2. The van der Waals surface area contributed by atoms with E-state index in [1.807, 2.05) is 0 Å². The lowest BCUT2D eigenvalue weighted by molar-refractivity contribution is -0.127. The highest BCUT2D eigenvalue weighted by molar-refractivity contribution is 7.98. The fourth-order valence-corrected chi connectivity index (χ4v) is 4.52. The quantitative estimate of drug-likeness (QED) is 0.504. The molecule has 0 fully saturated rings. The van der Waals surface area contributed by atoms with Crippen molar-refractivity contribution in [2.24, 2.45) is 0 Å². The zero-order valence-corrected chi connectivity index (χ0v) is 20.0. The Morgan fingerprint density at radius 2 is 1.77 bits per heavy atom. The molecule has 0 aliphatic heterocycles. The lowest BCUT2D eigenvalue weighted by Crippen LogP contribution is -2.37. The summed E-state index contributed by atoms with van der Waals surface area (Å²) in [6.07, 6.45) is 0.442. The maximum absolute atomic E-state index is 12.2. The number of sulfonamides is 1. The van der Waals surface area contributed by atoms with Crippen LogP contribution in [0.5, 0.6) is 5.75 Å². The largest absolute Gasteiger partial charge is 0.481 e. The van der Waals surface area contributed by atoms with E-state index in [0.717, 1.165) is 11.8 Å². The smallest absolute Gasteiger partial charge is 0.260 e. The Labute approximate surface area is 191 Å². The average Bonchev–Trinajstić information content (AvgIpc) is 2.68. The molecule has 0 aliphatic carbocycles. The average molecular weight is 491 g/mol. The van der Waals surface area contributed by atoms with Crippen LogP contribution in [0.3, 0.4) is 0 Å². The van der Waals surface area contributed by atoms with E-state index < -0.39 is 16.1 Å². The number of amides is 1. The van der Waals surface area contributed by atoms with Gasteiger partial charge in [0.15, 0.2) is 6.10 Å². The third-order valence-electron chi connectivity index (χ3n) is 4.23. The first-order valence-corrected chi connectivity index (χ1v) is 12.8. The van der Waals surface area contributed by atoms with Crippen molar-refractivity contribution >= 4 is 56.6 Å². The van der Waals surface area contributed by atoms with Gasteiger partial charge in [-0.3, -0.25) is 9.10 Å². The van der Waals surface area contributed by atoms with E-state index in [1.165, 1.54) is 11.4 Å². The van der Waals surface area contributed by atoms with E-state index in [1.54, 1.807) is 61.2 Å². The second-order valence-corrected chi connectivity index (χ2v) is 10.5.